The zero-order chi connectivity index (χ0) is 18.0. The lowest BCUT2D eigenvalue weighted by molar-refractivity contribution is 0.0732. The highest BCUT2D eigenvalue weighted by molar-refractivity contribution is 7.89. The zero-order valence-electron chi connectivity index (χ0n) is 13.2. The molecule has 1 fully saturated rings. The van der Waals surface area contributed by atoms with Crippen molar-refractivity contribution in [2.75, 3.05) is 26.2 Å². The van der Waals surface area contributed by atoms with Gasteiger partial charge in [0.05, 0.1) is 6.26 Å². The molecule has 1 aliphatic heterocycles. The van der Waals surface area contributed by atoms with Gasteiger partial charge in [0.25, 0.3) is 5.91 Å². The maximum atomic E-state index is 13.9. The third-order valence-electron chi connectivity index (χ3n) is 3.99. The molecule has 25 heavy (non-hydrogen) atoms. The topological polar surface area (TPSA) is 70.8 Å². The van der Waals surface area contributed by atoms with Gasteiger partial charge >= 0.3 is 0 Å². The molecule has 1 aliphatic rings. The van der Waals surface area contributed by atoms with Crippen LogP contribution in [0.25, 0.3) is 0 Å². The molecule has 3 rings (SSSR count). The summed E-state index contributed by atoms with van der Waals surface area (Å²) in [4.78, 5) is 13.1. The number of carbonyl (C=O) groups excluding carboxylic acids is 1. The first kappa shape index (κ1) is 17.6. The van der Waals surface area contributed by atoms with E-state index in [-0.39, 0.29) is 31.3 Å². The normalized spacial score (nSPS) is 16.6. The summed E-state index contributed by atoms with van der Waals surface area (Å²) in [6.07, 6.45) is 1.76. The van der Waals surface area contributed by atoms with Crippen LogP contribution in [0.5, 0.6) is 0 Å². The third kappa shape index (κ3) is 3.57. The Labute approximate surface area is 143 Å². The Kier molecular flexibility index (Phi) is 4.87. The fraction of sp³-hybridized carbons (Fsp3) is 0.312. The van der Waals surface area contributed by atoms with E-state index < -0.39 is 26.6 Å². The minimum atomic E-state index is -4.18. The molecule has 6 nitrogen and oxygen atoms in total. The average Bonchev–Trinajstić information content (AvgIpc) is 3.00. The number of hydrogen-bond acceptors (Lipinski definition) is 4. The SMILES string of the molecule is O=C(c1ccco1)N1CCCN(S(=O)(=O)c2cc(F)ccc2F)CC1. The van der Waals surface area contributed by atoms with E-state index in [9.17, 15) is 22.0 Å². The molecule has 134 valence electrons. The molecule has 0 saturated carbocycles. The summed E-state index contributed by atoms with van der Waals surface area (Å²) in [6, 6.07) is 5.44. The molecule has 0 bridgehead atoms. The summed E-state index contributed by atoms with van der Waals surface area (Å²) >= 11 is 0. The predicted molar refractivity (Wildman–Crippen MR) is 84.3 cm³/mol. The van der Waals surface area contributed by atoms with Crippen LogP contribution in [0.3, 0.4) is 0 Å². The predicted octanol–water partition coefficient (Wildman–Crippen LogP) is 2.09. The molecule has 2 aromatic rings. The second-order valence-corrected chi connectivity index (χ2v) is 7.51. The van der Waals surface area contributed by atoms with E-state index in [1.54, 1.807) is 6.07 Å². The summed E-state index contributed by atoms with van der Waals surface area (Å²) in [5, 5.41) is 0. The smallest absolute Gasteiger partial charge is 0.289 e. The second-order valence-electron chi connectivity index (χ2n) is 5.60. The average molecular weight is 370 g/mol. The van der Waals surface area contributed by atoms with E-state index in [1.165, 1.54) is 17.2 Å². The lowest BCUT2D eigenvalue weighted by Crippen LogP contribution is -2.37. The van der Waals surface area contributed by atoms with Crippen molar-refractivity contribution >= 4 is 15.9 Å². The van der Waals surface area contributed by atoms with Crippen LogP contribution < -0.4 is 0 Å². The first-order chi connectivity index (χ1) is 11.9. The van der Waals surface area contributed by atoms with Gasteiger partial charge in [-0.1, -0.05) is 0 Å². The van der Waals surface area contributed by atoms with Crippen LogP contribution in [-0.4, -0.2) is 49.7 Å². The Bertz CT molecular complexity index is 868. The molecule has 0 radical (unpaired) electrons. The van der Waals surface area contributed by atoms with Gasteiger partial charge in [0, 0.05) is 26.2 Å². The van der Waals surface area contributed by atoms with E-state index in [4.69, 9.17) is 4.42 Å². The minimum Gasteiger partial charge on any atom is -0.459 e. The Morgan fingerprint density at radius 3 is 2.60 bits per heavy atom. The lowest BCUT2D eigenvalue weighted by Gasteiger charge is -2.21. The molecule has 0 atom stereocenters. The molecule has 0 aliphatic carbocycles. The van der Waals surface area contributed by atoms with E-state index in [1.807, 2.05) is 0 Å². The first-order valence-corrected chi connectivity index (χ1v) is 9.11. The van der Waals surface area contributed by atoms with Gasteiger partial charge in [-0.15, -0.1) is 0 Å². The molecular weight excluding hydrogens is 354 g/mol. The van der Waals surface area contributed by atoms with Crippen molar-refractivity contribution in [2.24, 2.45) is 0 Å². The summed E-state index contributed by atoms with van der Waals surface area (Å²) in [5.41, 5.74) is 0. The summed E-state index contributed by atoms with van der Waals surface area (Å²) < 4.78 is 58.6. The number of halogens is 2. The van der Waals surface area contributed by atoms with Crippen molar-refractivity contribution in [1.82, 2.24) is 9.21 Å². The monoisotopic (exact) mass is 370 g/mol. The molecule has 1 amide bonds. The molecule has 0 N–H and O–H groups in total. The maximum Gasteiger partial charge on any atom is 0.289 e. The molecule has 0 spiro atoms. The van der Waals surface area contributed by atoms with Crippen molar-refractivity contribution in [1.29, 1.82) is 0 Å². The summed E-state index contributed by atoms with van der Waals surface area (Å²) in [7, 11) is -4.18. The van der Waals surface area contributed by atoms with Gasteiger partial charge in [0.15, 0.2) is 5.76 Å². The number of sulfonamides is 1. The minimum absolute atomic E-state index is 0.00919. The van der Waals surface area contributed by atoms with Crippen molar-refractivity contribution in [2.45, 2.75) is 11.3 Å². The Balaban J connectivity index is 1.78. The highest BCUT2D eigenvalue weighted by Crippen LogP contribution is 2.22. The van der Waals surface area contributed by atoms with Gasteiger partial charge in [0.1, 0.15) is 16.5 Å². The molecule has 0 unspecified atom stereocenters. The second kappa shape index (κ2) is 6.93. The number of carbonyl (C=O) groups is 1. The Hall–Kier alpha value is -2.26. The van der Waals surface area contributed by atoms with Crippen LogP contribution >= 0.6 is 0 Å². The van der Waals surface area contributed by atoms with Crippen LogP contribution in [-0.2, 0) is 10.0 Å². The molecule has 1 aromatic heterocycles. The lowest BCUT2D eigenvalue weighted by atomic mass is 10.3. The third-order valence-corrected chi connectivity index (χ3v) is 5.90. The molecule has 1 aromatic carbocycles. The fourth-order valence-electron chi connectivity index (χ4n) is 2.71. The van der Waals surface area contributed by atoms with Crippen LogP contribution in [0.4, 0.5) is 8.78 Å². The first-order valence-electron chi connectivity index (χ1n) is 7.67. The summed E-state index contributed by atoms with van der Waals surface area (Å²) in [5.74, 6) is -1.99. The Morgan fingerprint density at radius 1 is 1.08 bits per heavy atom. The van der Waals surface area contributed by atoms with Crippen molar-refractivity contribution in [3.05, 3.63) is 54.0 Å². The number of furan rings is 1. The maximum absolute atomic E-state index is 13.9. The van der Waals surface area contributed by atoms with Gasteiger partial charge in [-0.05, 0) is 36.8 Å². The molecule has 9 heteroatoms. The largest absolute Gasteiger partial charge is 0.459 e. The molecule has 2 heterocycles. The van der Waals surface area contributed by atoms with E-state index in [2.05, 4.69) is 0 Å². The van der Waals surface area contributed by atoms with Crippen LogP contribution in [0.2, 0.25) is 0 Å². The van der Waals surface area contributed by atoms with Crippen LogP contribution in [0.1, 0.15) is 17.0 Å². The summed E-state index contributed by atoms with van der Waals surface area (Å²) in [6.45, 7) is 0.581. The van der Waals surface area contributed by atoms with Crippen LogP contribution in [0, 0.1) is 11.6 Å². The van der Waals surface area contributed by atoms with Crippen molar-refractivity contribution in [3.63, 3.8) is 0 Å². The van der Waals surface area contributed by atoms with Gasteiger partial charge in [-0.25, -0.2) is 17.2 Å². The van der Waals surface area contributed by atoms with Gasteiger partial charge in [0.2, 0.25) is 10.0 Å². The fourth-order valence-corrected chi connectivity index (χ4v) is 4.25. The highest BCUT2D eigenvalue weighted by atomic mass is 32.2. The number of rotatable bonds is 3. The number of benzene rings is 1. The van der Waals surface area contributed by atoms with Crippen LogP contribution in [0.15, 0.2) is 45.9 Å². The number of nitrogens with zero attached hydrogens (tertiary/aromatic N) is 2. The number of hydrogen-bond donors (Lipinski definition) is 0. The Morgan fingerprint density at radius 2 is 1.88 bits per heavy atom. The van der Waals surface area contributed by atoms with Crippen molar-refractivity contribution in [3.8, 4) is 0 Å². The quantitative estimate of drug-likeness (QED) is 0.830. The number of amides is 1. The van der Waals surface area contributed by atoms with Gasteiger partial charge in [-0.2, -0.15) is 4.31 Å². The zero-order valence-corrected chi connectivity index (χ0v) is 14.0. The van der Waals surface area contributed by atoms with Gasteiger partial charge in [-0.3, -0.25) is 4.79 Å². The molecular formula is C16H16F2N2O4S. The standard InChI is InChI=1S/C16H16F2N2O4S/c17-12-4-5-13(18)15(11-12)25(22,23)20-7-2-6-19(8-9-20)16(21)14-3-1-10-24-14/h1,3-5,10-11H,2,6-9H2. The van der Waals surface area contributed by atoms with E-state index in [0.717, 1.165) is 16.4 Å². The van der Waals surface area contributed by atoms with E-state index in [0.29, 0.717) is 19.0 Å². The van der Waals surface area contributed by atoms with E-state index >= 15 is 0 Å². The van der Waals surface area contributed by atoms with Crippen molar-refractivity contribution < 1.29 is 26.4 Å². The molecule has 1 saturated heterocycles. The van der Waals surface area contributed by atoms with Gasteiger partial charge < -0.3 is 9.32 Å². The highest BCUT2D eigenvalue weighted by Gasteiger charge is 2.31.